The fourth-order valence-electron chi connectivity index (χ4n) is 2.56. The second kappa shape index (κ2) is 4.33. The minimum Gasteiger partial charge on any atom is -0.392 e. The van der Waals surface area contributed by atoms with Crippen LogP contribution < -0.4 is 5.32 Å². The Bertz CT molecular complexity index is 310. The van der Waals surface area contributed by atoms with Crippen LogP contribution in [0.5, 0.6) is 0 Å². The van der Waals surface area contributed by atoms with Crippen LogP contribution in [0.2, 0.25) is 0 Å². The van der Waals surface area contributed by atoms with E-state index in [2.05, 4.69) is 36.5 Å². The zero-order valence-electron chi connectivity index (χ0n) is 9.35. The van der Waals surface area contributed by atoms with Gasteiger partial charge in [-0.1, -0.05) is 30.3 Å². The first-order valence-electron chi connectivity index (χ1n) is 5.67. The Morgan fingerprint density at radius 3 is 2.60 bits per heavy atom. The Hall–Kier alpha value is -0.860. The molecule has 1 aliphatic rings. The first-order chi connectivity index (χ1) is 7.18. The molecule has 0 saturated carbocycles. The fraction of sp³-hybridized carbons (Fsp3) is 0.538. The smallest absolute Gasteiger partial charge is 0.0671 e. The molecule has 0 aromatic heterocycles. The molecule has 2 N–H and O–H groups in total. The van der Waals surface area contributed by atoms with Crippen molar-refractivity contribution in [3.8, 4) is 0 Å². The summed E-state index contributed by atoms with van der Waals surface area (Å²) in [5.41, 5.74) is 1.33. The lowest BCUT2D eigenvalue weighted by molar-refractivity contribution is 0.145. The summed E-state index contributed by atoms with van der Waals surface area (Å²) in [7, 11) is 0. The van der Waals surface area contributed by atoms with Crippen LogP contribution in [0, 0.1) is 0 Å². The average Bonchev–Trinajstić information content (AvgIpc) is 2.62. The molecule has 1 aromatic carbocycles. The summed E-state index contributed by atoms with van der Waals surface area (Å²) in [6, 6.07) is 11.2. The number of aliphatic hydroxyl groups excluding tert-OH is 1. The van der Waals surface area contributed by atoms with Gasteiger partial charge in [-0.2, -0.15) is 0 Å². The minimum absolute atomic E-state index is 0.197. The van der Waals surface area contributed by atoms with E-state index in [9.17, 15) is 5.11 Å². The van der Waals surface area contributed by atoms with Crippen LogP contribution in [-0.4, -0.2) is 23.3 Å². The van der Waals surface area contributed by atoms with Gasteiger partial charge in [0.1, 0.15) is 0 Å². The highest BCUT2D eigenvalue weighted by molar-refractivity contribution is 5.23. The van der Waals surface area contributed by atoms with Gasteiger partial charge in [-0.15, -0.1) is 0 Å². The van der Waals surface area contributed by atoms with E-state index in [1.807, 2.05) is 13.0 Å². The maximum absolute atomic E-state index is 9.74. The maximum atomic E-state index is 9.74. The van der Waals surface area contributed by atoms with E-state index in [-0.39, 0.29) is 12.1 Å². The average molecular weight is 205 g/mol. The molecule has 0 amide bonds. The number of aliphatic hydroxyl groups is 1. The Morgan fingerprint density at radius 2 is 2.00 bits per heavy atom. The summed E-state index contributed by atoms with van der Waals surface area (Å²) in [5, 5.41) is 13.2. The number of hydrogen-bond acceptors (Lipinski definition) is 2. The van der Waals surface area contributed by atoms with E-state index in [1.165, 1.54) is 5.56 Å². The van der Waals surface area contributed by atoms with Crippen molar-refractivity contribution in [3.63, 3.8) is 0 Å². The van der Waals surface area contributed by atoms with Crippen LogP contribution >= 0.6 is 0 Å². The molecule has 1 aromatic rings. The summed E-state index contributed by atoms with van der Waals surface area (Å²) in [4.78, 5) is 0. The van der Waals surface area contributed by atoms with Crippen LogP contribution in [0.4, 0.5) is 0 Å². The highest BCUT2D eigenvalue weighted by atomic mass is 16.3. The van der Waals surface area contributed by atoms with Gasteiger partial charge < -0.3 is 10.4 Å². The molecule has 15 heavy (non-hydrogen) atoms. The number of hydrogen-bond donors (Lipinski definition) is 2. The van der Waals surface area contributed by atoms with Crippen molar-refractivity contribution in [1.29, 1.82) is 0 Å². The SMILES string of the molecule is C[C@H]1C[C@@H](c2ccccc2)[C@H]([C@@H](C)O)N1. The molecule has 82 valence electrons. The molecule has 2 rings (SSSR count). The largest absolute Gasteiger partial charge is 0.392 e. The lowest BCUT2D eigenvalue weighted by Gasteiger charge is -2.22. The third-order valence-electron chi connectivity index (χ3n) is 3.27. The van der Waals surface area contributed by atoms with Crippen molar-refractivity contribution < 1.29 is 5.11 Å². The zero-order valence-corrected chi connectivity index (χ0v) is 9.35. The highest BCUT2D eigenvalue weighted by Crippen LogP contribution is 2.32. The lowest BCUT2D eigenvalue weighted by atomic mass is 9.89. The zero-order chi connectivity index (χ0) is 10.8. The first-order valence-corrected chi connectivity index (χ1v) is 5.67. The van der Waals surface area contributed by atoms with E-state index < -0.39 is 0 Å². The van der Waals surface area contributed by atoms with E-state index in [1.54, 1.807) is 0 Å². The predicted molar refractivity (Wildman–Crippen MR) is 61.9 cm³/mol. The van der Waals surface area contributed by atoms with Crippen molar-refractivity contribution in [2.24, 2.45) is 0 Å². The molecule has 1 heterocycles. The van der Waals surface area contributed by atoms with Gasteiger partial charge in [-0.25, -0.2) is 0 Å². The van der Waals surface area contributed by atoms with Crippen LogP contribution in [0.1, 0.15) is 31.7 Å². The standard InChI is InChI=1S/C13H19NO/c1-9-8-12(13(14-9)10(2)15)11-6-4-3-5-7-11/h3-7,9-10,12-15H,8H2,1-2H3/t9-,10+,12-,13-/m0/s1. The molecule has 1 saturated heterocycles. The third-order valence-corrected chi connectivity index (χ3v) is 3.27. The molecule has 2 heteroatoms. The summed E-state index contributed by atoms with van der Waals surface area (Å²) >= 11 is 0. The second-order valence-corrected chi connectivity index (χ2v) is 4.59. The van der Waals surface area contributed by atoms with E-state index in [4.69, 9.17) is 0 Å². The molecule has 0 unspecified atom stereocenters. The molecule has 2 nitrogen and oxygen atoms in total. The highest BCUT2D eigenvalue weighted by Gasteiger charge is 2.34. The molecule has 1 aliphatic heterocycles. The minimum atomic E-state index is -0.292. The van der Waals surface area contributed by atoms with Crippen LogP contribution in [-0.2, 0) is 0 Å². The molecule has 0 radical (unpaired) electrons. The molecule has 1 fully saturated rings. The first kappa shape index (κ1) is 10.7. The second-order valence-electron chi connectivity index (χ2n) is 4.59. The lowest BCUT2D eigenvalue weighted by Crippen LogP contribution is -2.38. The quantitative estimate of drug-likeness (QED) is 0.773. The number of nitrogens with one attached hydrogen (secondary N) is 1. The summed E-state index contributed by atoms with van der Waals surface area (Å²) in [6.45, 7) is 4.05. The van der Waals surface area contributed by atoms with Crippen molar-refractivity contribution in [2.75, 3.05) is 0 Å². The predicted octanol–water partition coefficient (Wildman–Crippen LogP) is 1.90. The van der Waals surface area contributed by atoms with Crippen LogP contribution in [0.15, 0.2) is 30.3 Å². The Labute approximate surface area is 91.3 Å². The molecular weight excluding hydrogens is 186 g/mol. The molecular formula is C13H19NO. The van der Waals surface area contributed by atoms with Crippen molar-refractivity contribution in [2.45, 2.75) is 44.4 Å². The van der Waals surface area contributed by atoms with Crippen molar-refractivity contribution in [1.82, 2.24) is 5.32 Å². The molecule has 0 aliphatic carbocycles. The summed E-state index contributed by atoms with van der Waals surface area (Å²) in [5.74, 6) is 0.446. The molecule has 0 spiro atoms. The van der Waals surface area contributed by atoms with Gasteiger partial charge >= 0.3 is 0 Å². The number of benzene rings is 1. The Balaban J connectivity index is 2.21. The fourth-order valence-corrected chi connectivity index (χ4v) is 2.56. The van der Waals surface area contributed by atoms with Crippen molar-refractivity contribution >= 4 is 0 Å². The molecule has 4 atom stereocenters. The topological polar surface area (TPSA) is 32.3 Å². The normalized spacial score (nSPS) is 32.9. The van der Waals surface area contributed by atoms with Gasteiger partial charge in [0.2, 0.25) is 0 Å². The van der Waals surface area contributed by atoms with Gasteiger partial charge in [0.05, 0.1) is 6.10 Å². The number of rotatable bonds is 2. The van der Waals surface area contributed by atoms with Crippen LogP contribution in [0.25, 0.3) is 0 Å². The Morgan fingerprint density at radius 1 is 1.33 bits per heavy atom. The van der Waals surface area contributed by atoms with Crippen molar-refractivity contribution in [3.05, 3.63) is 35.9 Å². The summed E-state index contributed by atoms with van der Waals surface area (Å²) < 4.78 is 0. The third kappa shape index (κ3) is 2.21. The van der Waals surface area contributed by atoms with E-state index in [0.29, 0.717) is 12.0 Å². The Kier molecular flexibility index (Phi) is 3.08. The van der Waals surface area contributed by atoms with Gasteiger partial charge in [0, 0.05) is 18.0 Å². The van der Waals surface area contributed by atoms with Gasteiger partial charge in [0.15, 0.2) is 0 Å². The monoisotopic (exact) mass is 205 g/mol. The van der Waals surface area contributed by atoms with Gasteiger partial charge in [-0.05, 0) is 25.8 Å². The van der Waals surface area contributed by atoms with E-state index in [0.717, 1.165) is 6.42 Å². The maximum Gasteiger partial charge on any atom is 0.0671 e. The molecule has 0 bridgehead atoms. The van der Waals surface area contributed by atoms with Gasteiger partial charge in [-0.3, -0.25) is 0 Å². The summed E-state index contributed by atoms with van der Waals surface area (Å²) in [6.07, 6.45) is 0.819. The van der Waals surface area contributed by atoms with E-state index >= 15 is 0 Å². The van der Waals surface area contributed by atoms with Gasteiger partial charge in [0.25, 0.3) is 0 Å². The van der Waals surface area contributed by atoms with Crippen LogP contribution in [0.3, 0.4) is 0 Å².